The Labute approximate surface area is 123 Å². The topological polar surface area (TPSA) is 92.9 Å². The Morgan fingerprint density at radius 2 is 2.14 bits per heavy atom. The van der Waals surface area contributed by atoms with Gasteiger partial charge >= 0.3 is 5.97 Å². The van der Waals surface area contributed by atoms with Crippen LogP contribution in [0.25, 0.3) is 0 Å². The average molecular weight is 292 g/mol. The maximum absolute atomic E-state index is 12.5. The maximum atomic E-state index is 12.5. The van der Waals surface area contributed by atoms with Crippen LogP contribution in [0.3, 0.4) is 0 Å². The maximum Gasteiger partial charge on any atom is 0.339 e. The summed E-state index contributed by atoms with van der Waals surface area (Å²) in [5.74, 6) is -0.723. The van der Waals surface area contributed by atoms with Crippen LogP contribution in [-0.2, 0) is 4.79 Å². The zero-order valence-electron chi connectivity index (χ0n) is 12.2. The summed E-state index contributed by atoms with van der Waals surface area (Å²) in [6, 6.07) is 4.15. The van der Waals surface area contributed by atoms with Crippen LogP contribution in [-0.4, -0.2) is 36.2 Å². The Hall–Kier alpha value is -2.08. The lowest BCUT2D eigenvalue weighted by Crippen LogP contribution is -2.47. The van der Waals surface area contributed by atoms with Crippen LogP contribution in [0, 0.1) is 5.92 Å². The number of nitrogens with two attached hydrogens (primary N) is 1. The molecular weight excluding hydrogens is 272 g/mol. The Balaban J connectivity index is 2.32. The fourth-order valence-corrected chi connectivity index (χ4v) is 2.45. The highest BCUT2D eigenvalue weighted by Crippen LogP contribution is 2.35. The number of hydrogen-bond donors (Lipinski definition) is 2. The molecule has 0 aliphatic carbocycles. The highest BCUT2D eigenvalue weighted by molar-refractivity contribution is 6.01. The number of carboxylic acids is 1. The first kappa shape index (κ1) is 15.3. The molecule has 0 spiro atoms. The smallest absolute Gasteiger partial charge is 0.339 e. The van der Waals surface area contributed by atoms with Crippen LogP contribution < -0.4 is 15.4 Å². The number of anilines is 1. The summed E-state index contributed by atoms with van der Waals surface area (Å²) in [5, 5.41) is 9.19. The number of ether oxygens (including phenoxy) is 1. The van der Waals surface area contributed by atoms with Crippen molar-refractivity contribution >= 4 is 17.6 Å². The van der Waals surface area contributed by atoms with Crippen LogP contribution in [0.4, 0.5) is 5.69 Å². The Kier molecular flexibility index (Phi) is 4.47. The van der Waals surface area contributed by atoms with Crippen LogP contribution in [0.5, 0.6) is 5.75 Å². The summed E-state index contributed by atoms with van der Waals surface area (Å²) >= 11 is 0. The highest BCUT2D eigenvalue weighted by atomic mass is 16.5. The van der Waals surface area contributed by atoms with E-state index in [4.69, 9.17) is 10.5 Å². The van der Waals surface area contributed by atoms with Gasteiger partial charge in [0, 0.05) is 0 Å². The normalized spacial score (nSPS) is 15.3. The van der Waals surface area contributed by atoms with Crippen molar-refractivity contribution in [1.82, 2.24) is 0 Å². The molecule has 1 unspecified atom stereocenters. The molecule has 1 aromatic carbocycles. The number of benzene rings is 1. The molecule has 0 saturated heterocycles. The molecule has 3 N–H and O–H groups in total. The van der Waals surface area contributed by atoms with Crippen molar-refractivity contribution in [1.29, 1.82) is 0 Å². The second-order valence-electron chi connectivity index (χ2n) is 5.53. The van der Waals surface area contributed by atoms with Crippen LogP contribution in [0.15, 0.2) is 18.2 Å². The number of rotatable bonds is 4. The minimum atomic E-state index is -1.08. The molecule has 0 aromatic heterocycles. The molecule has 0 bridgehead atoms. The first-order valence-electron chi connectivity index (χ1n) is 6.98. The fraction of sp³-hybridized carbons (Fsp3) is 0.467. The number of nitrogens with zero attached hydrogens (tertiary/aromatic N) is 1. The van der Waals surface area contributed by atoms with E-state index in [1.54, 1.807) is 12.1 Å². The minimum absolute atomic E-state index is 0.0578. The Bertz CT molecular complexity index is 557. The molecule has 0 radical (unpaired) electrons. The zero-order chi connectivity index (χ0) is 15.6. The lowest BCUT2D eigenvalue weighted by molar-refractivity contribution is -0.120. The first-order chi connectivity index (χ1) is 9.91. The number of carbonyl (C=O) groups is 2. The number of hydrogen-bond acceptors (Lipinski definition) is 4. The molecule has 1 aromatic rings. The fourth-order valence-electron chi connectivity index (χ4n) is 2.45. The van der Waals surface area contributed by atoms with Gasteiger partial charge in [0.2, 0.25) is 5.91 Å². The third-order valence-corrected chi connectivity index (χ3v) is 3.39. The lowest BCUT2D eigenvalue weighted by Gasteiger charge is -2.32. The molecule has 114 valence electrons. The second-order valence-corrected chi connectivity index (χ2v) is 5.53. The number of aromatic carboxylic acids is 1. The predicted octanol–water partition coefficient (Wildman–Crippen LogP) is 1.48. The second kappa shape index (κ2) is 6.13. The van der Waals surface area contributed by atoms with Gasteiger partial charge in [0.05, 0.1) is 18.3 Å². The molecule has 21 heavy (non-hydrogen) atoms. The monoisotopic (exact) mass is 292 g/mol. The molecule has 1 amide bonds. The van der Waals surface area contributed by atoms with Gasteiger partial charge < -0.3 is 20.5 Å². The molecule has 1 aliphatic heterocycles. The van der Waals surface area contributed by atoms with Gasteiger partial charge in [-0.25, -0.2) is 4.79 Å². The number of carbonyl (C=O) groups excluding carboxylic acids is 1. The van der Waals surface area contributed by atoms with Crippen LogP contribution >= 0.6 is 0 Å². The van der Waals surface area contributed by atoms with Crippen LogP contribution in [0.2, 0.25) is 0 Å². The van der Waals surface area contributed by atoms with E-state index in [0.717, 1.165) is 0 Å². The summed E-state index contributed by atoms with van der Waals surface area (Å²) in [6.07, 6.45) is 0.587. The van der Waals surface area contributed by atoms with Crippen molar-refractivity contribution in [3.63, 3.8) is 0 Å². The summed E-state index contributed by atoms with van der Waals surface area (Å²) in [5.41, 5.74) is 6.49. The van der Waals surface area contributed by atoms with Gasteiger partial charge in [0.15, 0.2) is 5.75 Å². The number of carboxylic acid groups (broad SMARTS) is 1. The van der Waals surface area contributed by atoms with Gasteiger partial charge in [0.1, 0.15) is 12.2 Å². The molecule has 1 aliphatic rings. The predicted molar refractivity (Wildman–Crippen MR) is 78.7 cm³/mol. The Morgan fingerprint density at radius 3 is 2.76 bits per heavy atom. The van der Waals surface area contributed by atoms with Gasteiger partial charge in [-0.2, -0.15) is 0 Å². The van der Waals surface area contributed by atoms with Crippen molar-refractivity contribution in [2.45, 2.75) is 26.3 Å². The Morgan fingerprint density at radius 1 is 1.43 bits per heavy atom. The van der Waals surface area contributed by atoms with Gasteiger partial charge in [-0.15, -0.1) is 0 Å². The van der Waals surface area contributed by atoms with E-state index in [1.807, 2.05) is 13.8 Å². The van der Waals surface area contributed by atoms with Gasteiger partial charge in [-0.1, -0.05) is 19.9 Å². The molecule has 1 heterocycles. The van der Waals surface area contributed by atoms with Crippen LogP contribution in [0.1, 0.15) is 30.6 Å². The zero-order valence-corrected chi connectivity index (χ0v) is 12.2. The minimum Gasteiger partial charge on any atom is -0.489 e. The van der Waals surface area contributed by atoms with Gasteiger partial charge in [-0.3, -0.25) is 4.79 Å². The third kappa shape index (κ3) is 3.16. The SMILES string of the molecule is CC(C)CC(N)C(=O)N1CCOc2c(C(=O)O)cccc21. The lowest BCUT2D eigenvalue weighted by atomic mass is 10.0. The molecule has 2 rings (SSSR count). The molecule has 1 atom stereocenters. The largest absolute Gasteiger partial charge is 0.489 e. The van der Waals surface area contributed by atoms with E-state index in [0.29, 0.717) is 24.6 Å². The number of para-hydroxylation sites is 1. The van der Waals surface area contributed by atoms with Crippen molar-refractivity contribution in [2.24, 2.45) is 11.7 Å². The standard InChI is InChI=1S/C15H20N2O4/c1-9(2)8-11(16)14(18)17-6-7-21-13-10(15(19)20)4-3-5-12(13)17/h3-5,9,11H,6-8,16H2,1-2H3,(H,19,20). The molecule has 6 heteroatoms. The average Bonchev–Trinajstić information content (AvgIpc) is 2.44. The molecule has 0 saturated carbocycles. The van der Waals surface area contributed by atoms with E-state index in [9.17, 15) is 14.7 Å². The van der Waals surface area contributed by atoms with Crippen molar-refractivity contribution < 1.29 is 19.4 Å². The van der Waals surface area contributed by atoms with Crippen molar-refractivity contribution in [3.05, 3.63) is 23.8 Å². The van der Waals surface area contributed by atoms with E-state index in [-0.39, 0.29) is 23.8 Å². The van der Waals surface area contributed by atoms with Crippen molar-refractivity contribution in [3.8, 4) is 5.75 Å². The first-order valence-corrected chi connectivity index (χ1v) is 6.98. The highest BCUT2D eigenvalue weighted by Gasteiger charge is 2.30. The van der Waals surface area contributed by atoms with Gasteiger partial charge in [-0.05, 0) is 24.5 Å². The summed E-state index contributed by atoms with van der Waals surface area (Å²) in [6.45, 7) is 4.64. The molecular formula is C15H20N2O4. The van der Waals surface area contributed by atoms with E-state index in [1.165, 1.54) is 11.0 Å². The van der Waals surface area contributed by atoms with Gasteiger partial charge in [0.25, 0.3) is 0 Å². The van der Waals surface area contributed by atoms with E-state index < -0.39 is 12.0 Å². The summed E-state index contributed by atoms with van der Waals surface area (Å²) < 4.78 is 5.44. The van der Waals surface area contributed by atoms with E-state index in [2.05, 4.69) is 0 Å². The molecule has 6 nitrogen and oxygen atoms in total. The van der Waals surface area contributed by atoms with Crippen molar-refractivity contribution in [2.75, 3.05) is 18.1 Å². The number of amides is 1. The summed E-state index contributed by atoms with van der Waals surface area (Å²) in [4.78, 5) is 25.2. The molecule has 0 fully saturated rings. The third-order valence-electron chi connectivity index (χ3n) is 3.39. The quantitative estimate of drug-likeness (QED) is 0.877. The summed E-state index contributed by atoms with van der Waals surface area (Å²) in [7, 11) is 0. The van der Waals surface area contributed by atoms with E-state index >= 15 is 0 Å². The number of fused-ring (bicyclic) bond motifs is 1.